The zero-order valence-corrected chi connectivity index (χ0v) is 15.4. The van der Waals surface area contributed by atoms with Crippen LogP contribution in [0.15, 0.2) is 29.2 Å². The maximum absolute atomic E-state index is 13.3. The van der Waals surface area contributed by atoms with E-state index in [0.717, 1.165) is 34.0 Å². The van der Waals surface area contributed by atoms with Gasteiger partial charge in [0.15, 0.2) is 0 Å². The molecule has 1 aromatic heterocycles. The van der Waals surface area contributed by atoms with Gasteiger partial charge in [0.2, 0.25) is 0 Å². The van der Waals surface area contributed by atoms with Gasteiger partial charge in [-0.05, 0) is 56.2 Å². The molecule has 2 heterocycles. The van der Waals surface area contributed by atoms with Crippen molar-refractivity contribution in [3.8, 4) is 5.75 Å². The molecule has 130 valence electrons. The van der Waals surface area contributed by atoms with Gasteiger partial charge in [-0.25, -0.2) is 8.51 Å². The normalized spacial score (nSPS) is 19.1. The quantitative estimate of drug-likeness (QED) is 0.924. The van der Waals surface area contributed by atoms with Gasteiger partial charge in [-0.3, -0.25) is 0 Å². The lowest BCUT2D eigenvalue weighted by molar-refractivity contribution is 0.167. The molecule has 0 radical (unpaired) electrons. The van der Waals surface area contributed by atoms with E-state index in [1.165, 1.54) is 5.69 Å². The first-order chi connectivity index (χ1) is 11.5. The van der Waals surface area contributed by atoms with Gasteiger partial charge < -0.3 is 14.4 Å². The van der Waals surface area contributed by atoms with Crippen LogP contribution >= 0.6 is 0 Å². The lowest BCUT2D eigenvalue weighted by Gasteiger charge is -2.35. The van der Waals surface area contributed by atoms with Crippen molar-refractivity contribution in [1.82, 2.24) is 8.87 Å². The first-order valence-corrected chi connectivity index (χ1v) is 9.19. The summed E-state index contributed by atoms with van der Waals surface area (Å²) in [4.78, 5) is 0.811. The van der Waals surface area contributed by atoms with E-state index in [0.29, 0.717) is 6.54 Å². The van der Waals surface area contributed by atoms with Crippen LogP contribution in [0.2, 0.25) is 0 Å². The van der Waals surface area contributed by atoms with Gasteiger partial charge in [-0.15, -0.1) is 0 Å². The predicted octanol–water partition coefficient (Wildman–Crippen LogP) is 2.49. The van der Waals surface area contributed by atoms with Gasteiger partial charge in [0, 0.05) is 24.5 Å². The first kappa shape index (κ1) is 17.2. The number of aliphatic hydroxyl groups excluding tert-OH is 1. The van der Waals surface area contributed by atoms with Crippen LogP contribution in [-0.4, -0.2) is 38.4 Å². The Balaban J connectivity index is 1.99. The molecule has 0 spiro atoms. The Kier molecular flexibility index (Phi) is 4.80. The van der Waals surface area contributed by atoms with Gasteiger partial charge in [0.1, 0.15) is 16.7 Å². The summed E-state index contributed by atoms with van der Waals surface area (Å²) in [5.74, 6) is 0.771. The number of fused-ring (bicyclic) bond motifs is 1. The summed E-state index contributed by atoms with van der Waals surface area (Å²) in [5.41, 5.74) is 4.09. The molecule has 0 saturated heterocycles. The zero-order chi connectivity index (χ0) is 17.4. The molecule has 24 heavy (non-hydrogen) atoms. The molecule has 1 aromatic carbocycles. The third kappa shape index (κ3) is 2.79. The molecular weight excluding hydrogens is 324 g/mol. The lowest BCUT2D eigenvalue weighted by atomic mass is 10.1. The van der Waals surface area contributed by atoms with Gasteiger partial charge in [0.05, 0.1) is 24.7 Å². The van der Waals surface area contributed by atoms with Crippen molar-refractivity contribution in [3.63, 3.8) is 0 Å². The minimum Gasteiger partial charge on any atom is -0.497 e. The molecule has 0 bridgehead atoms. The molecule has 0 aliphatic carbocycles. The highest BCUT2D eigenvalue weighted by Crippen LogP contribution is 2.33. The maximum Gasteiger partial charge on any atom is 0.128 e. The van der Waals surface area contributed by atoms with Gasteiger partial charge in [-0.2, -0.15) is 0 Å². The molecule has 0 amide bonds. The van der Waals surface area contributed by atoms with Crippen LogP contribution in [0.3, 0.4) is 0 Å². The number of aliphatic hydroxyl groups is 1. The van der Waals surface area contributed by atoms with Crippen molar-refractivity contribution in [2.75, 3.05) is 20.3 Å². The Labute approximate surface area is 145 Å². The van der Waals surface area contributed by atoms with Crippen LogP contribution < -0.4 is 4.74 Å². The molecule has 6 heteroatoms. The third-order valence-corrected chi connectivity index (χ3v) is 6.55. The molecule has 2 atom stereocenters. The Bertz CT molecular complexity index is 762. The largest absolute Gasteiger partial charge is 0.497 e. The summed E-state index contributed by atoms with van der Waals surface area (Å²) in [6.07, 6.45) is 0. The van der Waals surface area contributed by atoms with Gasteiger partial charge in [0.25, 0.3) is 0 Å². The Morgan fingerprint density at radius 2 is 1.88 bits per heavy atom. The highest BCUT2D eigenvalue weighted by Gasteiger charge is 2.33. The zero-order valence-electron chi connectivity index (χ0n) is 14.6. The molecular formula is C18H24N2O3S. The van der Waals surface area contributed by atoms with Crippen molar-refractivity contribution >= 4 is 11.0 Å². The second-order valence-electron chi connectivity index (χ2n) is 6.23. The van der Waals surface area contributed by atoms with E-state index in [4.69, 9.17) is 4.74 Å². The summed E-state index contributed by atoms with van der Waals surface area (Å²) in [7, 11) is 0.306. The average molecular weight is 348 g/mol. The average Bonchev–Trinajstić information content (AvgIpc) is 2.94. The molecule has 1 aliphatic rings. The van der Waals surface area contributed by atoms with Crippen molar-refractivity contribution in [3.05, 3.63) is 46.8 Å². The predicted molar refractivity (Wildman–Crippen MR) is 94.6 cm³/mol. The van der Waals surface area contributed by atoms with Crippen LogP contribution in [0.4, 0.5) is 0 Å². The van der Waals surface area contributed by atoms with Gasteiger partial charge in [-0.1, -0.05) is 0 Å². The number of ether oxygens (including phenoxy) is 1. The molecule has 5 nitrogen and oxygen atoms in total. The Morgan fingerprint density at radius 3 is 2.46 bits per heavy atom. The van der Waals surface area contributed by atoms with E-state index < -0.39 is 11.0 Å². The number of aryl methyl sites for hydroxylation is 3. The summed E-state index contributed by atoms with van der Waals surface area (Å²) < 4.78 is 22.7. The topological polar surface area (TPSA) is 54.7 Å². The molecule has 0 fully saturated rings. The van der Waals surface area contributed by atoms with Crippen LogP contribution in [0, 0.1) is 20.8 Å². The molecule has 2 unspecified atom stereocenters. The number of methoxy groups -OCH3 is 1. The second-order valence-corrected chi connectivity index (χ2v) is 7.61. The smallest absolute Gasteiger partial charge is 0.128 e. The molecule has 0 saturated carbocycles. The van der Waals surface area contributed by atoms with Crippen molar-refractivity contribution in [1.29, 1.82) is 0 Å². The standard InChI is InChI=1S/C18H24N2O3S/c1-12-9-15(23-4)10-13(2)18(12)24(22)20-8-7-19-14(3)5-6-16(19)17(20)11-21/h5-6,9-10,17,21H,7-8,11H2,1-4H3. The van der Waals surface area contributed by atoms with Crippen molar-refractivity contribution in [2.24, 2.45) is 0 Å². The Hall–Kier alpha value is -1.63. The minimum atomic E-state index is -1.33. The van der Waals surface area contributed by atoms with E-state index in [-0.39, 0.29) is 12.6 Å². The van der Waals surface area contributed by atoms with E-state index in [9.17, 15) is 9.32 Å². The van der Waals surface area contributed by atoms with Crippen LogP contribution in [-0.2, 0) is 17.5 Å². The van der Waals surface area contributed by atoms with Crippen molar-refractivity contribution < 1.29 is 14.1 Å². The van der Waals surface area contributed by atoms with Crippen LogP contribution in [0.1, 0.15) is 28.6 Å². The molecule has 2 aromatic rings. The molecule has 1 N–H and O–H groups in total. The van der Waals surface area contributed by atoms with E-state index in [2.05, 4.69) is 11.5 Å². The van der Waals surface area contributed by atoms with E-state index in [1.807, 2.05) is 42.4 Å². The monoisotopic (exact) mass is 348 g/mol. The van der Waals surface area contributed by atoms with Gasteiger partial charge >= 0.3 is 0 Å². The SMILES string of the molecule is COc1cc(C)c(S(=O)N2CCn3c(C)ccc3C2CO)c(C)c1. The fraction of sp³-hybridized carbons (Fsp3) is 0.444. The van der Waals surface area contributed by atoms with Crippen molar-refractivity contribution in [2.45, 2.75) is 38.3 Å². The number of hydrogen-bond donors (Lipinski definition) is 1. The Morgan fingerprint density at radius 1 is 1.21 bits per heavy atom. The lowest BCUT2D eigenvalue weighted by Crippen LogP contribution is -2.41. The van der Waals surface area contributed by atoms with E-state index in [1.54, 1.807) is 7.11 Å². The molecule has 3 rings (SSSR count). The first-order valence-electron chi connectivity index (χ1n) is 8.08. The maximum atomic E-state index is 13.3. The summed E-state index contributed by atoms with van der Waals surface area (Å²) in [6, 6.07) is 7.63. The number of aromatic nitrogens is 1. The highest BCUT2D eigenvalue weighted by atomic mass is 32.2. The minimum absolute atomic E-state index is 0.0521. The fourth-order valence-electron chi connectivity index (χ4n) is 3.49. The van der Waals surface area contributed by atoms with Crippen LogP contribution in [0.5, 0.6) is 5.75 Å². The third-order valence-electron chi connectivity index (χ3n) is 4.70. The number of nitrogens with zero attached hydrogens (tertiary/aromatic N) is 2. The second kappa shape index (κ2) is 6.70. The fourth-order valence-corrected chi connectivity index (χ4v) is 5.05. The summed E-state index contributed by atoms with van der Waals surface area (Å²) in [5, 5.41) is 9.92. The number of rotatable bonds is 4. The van der Waals surface area contributed by atoms with E-state index >= 15 is 0 Å². The highest BCUT2D eigenvalue weighted by molar-refractivity contribution is 7.82. The number of hydrogen-bond acceptors (Lipinski definition) is 3. The number of benzene rings is 1. The summed E-state index contributed by atoms with van der Waals surface area (Å²) in [6.45, 7) is 7.34. The molecule has 1 aliphatic heterocycles. The van der Waals surface area contributed by atoms with Crippen LogP contribution in [0.25, 0.3) is 0 Å². The summed E-state index contributed by atoms with van der Waals surface area (Å²) >= 11 is 0.